The summed E-state index contributed by atoms with van der Waals surface area (Å²) in [4.78, 5) is 25.4. The first kappa shape index (κ1) is 20.7. The van der Waals surface area contributed by atoms with Crippen molar-refractivity contribution in [3.63, 3.8) is 0 Å². The predicted octanol–water partition coefficient (Wildman–Crippen LogP) is 5.09. The number of carbonyl (C=O) groups excluding carboxylic acids is 2. The lowest BCUT2D eigenvalue weighted by atomic mass is 9.79. The molecule has 0 spiro atoms. The van der Waals surface area contributed by atoms with Gasteiger partial charge in [0.2, 0.25) is 0 Å². The minimum Gasteiger partial charge on any atom is -0.468 e. The summed E-state index contributed by atoms with van der Waals surface area (Å²) in [6.07, 6.45) is -0.378. The fourth-order valence-corrected chi connectivity index (χ4v) is 5.30. The molecular formula is C23H23F3O4. The van der Waals surface area contributed by atoms with E-state index in [4.69, 9.17) is 9.47 Å². The average molecular weight is 420 g/mol. The lowest BCUT2D eigenvalue weighted by molar-refractivity contribution is -0.168. The van der Waals surface area contributed by atoms with E-state index in [1.54, 1.807) is 0 Å². The lowest BCUT2D eigenvalue weighted by Gasteiger charge is -2.26. The summed E-state index contributed by atoms with van der Waals surface area (Å²) in [5.41, 5.74) is 2.64. The monoisotopic (exact) mass is 420 g/mol. The van der Waals surface area contributed by atoms with Gasteiger partial charge < -0.3 is 9.47 Å². The number of carbonyl (C=O) groups is 2. The van der Waals surface area contributed by atoms with Crippen molar-refractivity contribution in [1.29, 1.82) is 0 Å². The molecule has 2 saturated carbocycles. The molecule has 160 valence electrons. The number of halogens is 3. The zero-order valence-corrected chi connectivity index (χ0v) is 16.9. The van der Waals surface area contributed by atoms with Crippen molar-refractivity contribution >= 4 is 17.5 Å². The van der Waals surface area contributed by atoms with Gasteiger partial charge in [-0.2, -0.15) is 13.2 Å². The quantitative estimate of drug-likeness (QED) is 0.505. The minimum absolute atomic E-state index is 0.147. The first-order chi connectivity index (χ1) is 14.2. The van der Waals surface area contributed by atoms with Crippen molar-refractivity contribution in [3.8, 4) is 0 Å². The maximum Gasteiger partial charge on any atom is 0.416 e. The van der Waals surface area contributed by atoms with E-state index in [1.165, 1.54) is 31.9 Å². The van der Waals surface area contributed by atoms with Gasteiger partial charge in [0.05, 0.1) is 19.8 Å². The van der Waals surface area contributed by atoms with E-state index in [9.17, 15) is 22.8 Å². The van der Waals surface area contributed by atoms with Gasteiger partial charge in [-0.15, -0.1) is 0 Å². The third kappa shape index (κ3) is 3.15. The Morgan fingerprint density at radius 1 is 0.967 bits per heavy atom. The molecule has 0 aromatic heterocycles. The highest BCUT2D eigenvalue weighted by Gasteiger charge is 2.56. The molecule has 0 bridgehead atoms. The Balaban J connectivity index is 1.84. The van der Waals surface area contributed by atoms with E-state index in [-0.39, 0.29) is 12.8 Å². The van der Waals surface area contributed by atoms with E-state index in [0.29, 0.717) is 17.9 Å². The topological polar surface area (TPSA) is 52.6 Å². The zero-order chi connectivity index (χ0) is 21.7. The Morgan fingerprint density at radius 3 is 2.13 bits per heavy atom. The van der Waals surface area contributed by atoms with Gasteiger partial charge in [0, 0.05) is 6.42 Å². The van der Waals surface area contributed by atoms with Gasteiger partial charge in [-0.25, -0.2) is 0 Å². The van der Waals surface area contributed by atoms with Crippen molar-refractivity contribution in [3.05, 3.63) is 52.1 Å². The van der Waals surface area contributed by atoms with E-state index < -0.39 is 29.1 Å². The van der Waals surface area contributed by atoms with Crippen LogP contribution in [-0.2, 0) is 25.2 Å². The molecule has 0 saturated heterocycles. The van der Waals surface area contributed by atoms with Crippen LogP contribution in [0.4, 0.5) is 13.2 Å². The van der Waals surface area contributed by atoms with Crippen LogP contribution in [0.3, 0.4) is 0 Å². The molecule has 30 heavy (non-hydrogen) atoms. The maximum atomic E-state index is 13.0. The Morgan fingerprint density at radius 2 is 1.57 bits per heavy atom. The second-order valence-electron chi connectivity index (χ2n) is 8.25. The lowest BCUT2D eigenvalue weighted by Crippen LogP contribution is -2.38. The Bertz CT molecular complexity index is 938. The Hall–Kier alpha value is -2.57. The fourth-order valence-electron chi connectivity index (χ4n) is 5.30. The van der Waals surface area contributed by atoms with Gasteiger partial charge in [0.15, 0.2) is 5.41 Å². The smallest absolute Gasteiger partial charge is 0.416 e. The molecular weight excluding hydrogens is 397 g/mol. The van der Waals surface area contributed by atoms with Crippen LogP contribution in [-0.4, -0.2) is 26.2 Å². The summed E-state index contributed by atoms with van der Waals surface area (Å²) in [5, 5.41) is 0. The number of alkyl halides is 3. The van der Waals surface area contributed by atoms with Gasteiger partial charge >= 0.3 is 18.1 Å². The predicted molar refractivity (Wildman–Crippen MR) is 103 cm³/mol. The molecule has 1 aromatic carbocycles. The van der Waals surface area contributed by atoms with Crippen molar-refractivity contribution < 1.29 is 32.2 Å². The van der Waals surface area contributed by atoms with E-state index in [0.717, 1.165) is 48.1 Å². The van der Waals surface area contributed by atoms with E-state index >= 15 is 0 Å². The van der Waals surface area contributed by atoms with Gasteiger partial charge in [0.25, 0.3) is 0 Å². The molecule has 0 radical (unpaired) electrons. The number of esters is 2. The van der Waals surface area contributed by atoms with Gasteiger partial charge in [-0.3, -0.25) is 9.59 Å². The number of rotatable bonds is 3. The number of benzene rings is 1. The molecule has 3 aliphatic carbocycles. The second-order valence-corrected chi connectivity index (χ2v) is 8.25. The van der Waals surface area contributed by atoms with Gasteiger partial charge in [0.1, 0.15) is 0 Å². The number of hydrogen-bond acceptors (Lipinski definition) is 4. The van der Waals surface area contributed by atoms with Crippen LogP contribution >= 0.6 is 0 Å². The first-order valence-electron chi connectivity index (χ1n) is 10.00. The Kier molecular flexibility index (Phi) is 5.03. The number of fused-ring (bicyclic) bond motifs is 2. The standard InChI is InChI=1S/C23H23F3O4/c1-29-20(27)22(21(28)30-2)11-18-16-5-3-4-14(16)10-17(19(18)12-22)13-6-8-15(9-7-13)23(24,25)26/h6-9,14H,3-5,10-12H2,1-2H3. The summed E-state index contributed by atoms with van der Waals surface area (Å²) >= 11 is 0. The summed E-state index contributed by atoms with van der Waals surface area (Å²) in [6.45, 7) is 0. The van der Waals surface area contributed by atoms with E-state index in [2.05, 4.69) is 0 Å². The highest BCUT2D eigenvalue weighted by molar-refractivity contribution is 6.03. The van der Waals surface area contributed by atoms with E-state index in [1.807, 2.05) is 0 Å². The van der Waals surface area contributed by atoms with Crippen LogP contribution in [0.5, 0.6) is 0 Å². The van der Waals surface area contributed by atoms with Crippen LogP contribution in [0.15, 0.2) is 41.0 Å². The first-order valence-corrected chi connectivity index (χ1v) is 10.00. The molecule has 1 aromatic rings. The summed E-state index contributed by atoms with van der Waals surface area (Å²) in [6, 6.07) is 5.14. The molecule has 0 heterocycles. The van der Waals surface area contributed by atoms with Crippen molar-refractivity contribution in [2.24, 2.45) is 11.3 Å². The summed E-state index contributed by atoms with van der Waals surface area (Å²) in [5.74, 6) is -0.969. The van der Waals surface area contributed by atoms with Crippen molar-refractivity contribution in [2.45, 2.75) is 44.7 Å². The number of ether oxygens (including phenoxy) is 2. The maximum absolute atomic E-state index is 13.0. The molecule has 7 heteroatoms. The van der Waals surface area contributed by atoms with Crippen LogP contribution in [0.25, 0.3) is 5.57 Å². The summed E-state index contributed by atoms with van der Waals surface area (Å²) in [7, 11) is 2.49. The van der Waals surface area contributed by atoms with Gasteiger partial charge in [-0.1, -0.05) is 17.7 Å². The molecule has 1 unspecified atom stereocenters. The molecule has 3 aliphatic rings. The van der Waals surface area contributed by atoms with Crippen molar-refractivity contribution in [1.82, 2.24) is 0 Å². The number of hydrogen-bond donors (Lipinski definition) is 0. The highest BCUT2D eigenvalue weighted by Crippen LogP contribution is 2.57. The van der Waals surface area contributed by atoms with Gasteiger partial charge in [-0.05, 0) is 72.4 Å². The van der Waals surface area contributed by atoms with Crippen LogP contribution in [0.2, 0.25) is 0 Å². The second kappa shape index (κ2) is 7.29. The molecule has 2 fully saturated rings. The summed E-state index contributed by atoms with van der Waals surface area (Å²) < 4.78 is 48.9. The molecule has 1 atom stereocenters. The third-order valence-electron chi connectivity index (χ3n) is 6.73. The molecule has 0 N–H and O–H groups in total. The molecule has 4 nitrogen and oxygen atoms in total. The molecule has 0 aliphatic heterocycles. The largest absolute Gasteiger partial charge is 0.468 e. The fraction of sp³-hybridized carbons (Fsp3) is 0.478. The third-order valence-corrected chi connectivity index (χ3v) is 6.73. The SMILES string of the molecule is COC(=O)C1(C(=O)OC)CC2=C(c3ccc(C(F)(F)F)cc3)CC3CCCC3=C2C1. The molecule has 0 amide bonds. The molecule has 4 rings (SSSR count). The Labute approximate surface area is 172 Å². The number of allylic oxidation sites excluding steroid dienone is 4. The highest BCUT2D eigenvalue weighted by atomic mass is 19.4. The van der Waals surface area contributed by atoms with Crippen LogP contribution < -0.4 is 0 Å². The van der Waals surface area contributed by atoms with Crippen LogP contribution in [0, 0.1) is 11.3 Å². The van der Waals surface area contributed by atoms with Crippen molar-refractivity contribution in [2.75, 3.05) is 14.2 Å². The minimum atomic E-state index is -4.40. The normalized spacial score (nSPS) is 22.6. The average Bonchev–Trinajstić information content (AvgIpc) is 3.36. The van der Waals surface area contributed by atoms with Crippen LogP contribution in [0.1, 0.15) is 49.7 Å². The zero-order valence-electron chi connectivity index (χ0n) is 16.9. The number of methoxy groups -OCH3 is 2.